The highest BCUT2D eigenvalue weighted by Crippen LogP contribution is 2.02. The maximum absolute atomic E-state index is 11.7. The van der Waals surface area contributed by atoms with Crippen LogP contribution >= 0.6 is 0 Å². The molecule has 1 saturated heterocycles. The van der Waals surface area contributed by atoms with Gasteiger partial charge in [-0.2, -0.15) is 0 Å². The van der Waals surface area contributed by atoms with Gasteiger partial charge < -0.3 is 9.64 Å². The Bertz CT molecular complexity index is 226. The highest BCUT2D eigenvalue weighted by Gasteiger charge is 2.19. The monoisotopic (exact) mass is 196 g/mol. The summed E-state index contributed by atoms with van der Waals surface area (Å²) >= 11 is 0. The average Bonchev–Trinajstić information content (AvgIpc) is 2.72. The van der Waals surface area contributed by atoms with Crippen LogP contribution in [0.2, 0.25) is 0 Å². The molecule has 2 aliphatic heterocycles. The number of carbonyl (C=O) groups is 1. The summed E-state index contributed by atoms with van der Waals surface area (Å²) in [4.78, 5) is 15.7. The lowest BCUT2D eigenvalue weighted by molar-refractivity contribution is -0.132. The SMILES string of the molecule is O=C(CN1CCOCC1)N1CC=CC1. The number of morpholine rings is 1. The van der Waals surface area contributed by atoms with Crippen molar-refractivity contribution in [2.24, 2.45) is 0 Å². The van der Waals surface area contributed by atoms with Gasteiger partial charge in [-0.1, -0.05) is 12.2 Å². The van der Waals surface area contributed by atoms with Gasteiger partial charge in [0.25, 0.3) is 0 Å². The van der Waals surface area contributed by atoms with Crippen molar-refractivity contribution in [1.82, 2.24) is 9.80 Å². The fourth-order valence-corrected chi connectivity index (χ4v) is 1.73. The molecule has 4 nitrogen and oxygen atoms in total. The first-order valence-corrected chi connectivity index (χ1v) is 5.09. The Balaban J connectivity index is 1.75. The van der Waals surface area contributed by atoms with Crippen LogP contribution in [0.25, 0.3) is 0 Å². The fourth-order valence-electron chi connectivity index (χ4n) is 1.73. The van der Waals surface area contributed by atoms with Crippen molar-refractivity contribution in [3.05, 3.63) is 12.2 Å². The van der Waals surface area contributed by atoms with Gasteiger partial charge in [0.1, 0.15) is 0 Å². The van der Waals surface area contributed by atoms with Crippen molar-refractivity contribution in [2.45, 2.75) is 0 Å². The Morgan fingerprint density at radius 2 is 1.86 bits per heavy atom. The van der Waals surface area contributed by atoms with Gasteiger partial charge in [-0.25, -0.2) is 0 Å². The third-order valence-corrected chi connectivity index (χ3v) is 2.63. The highest BCUT2D eigenvalue weighted by atomic mass is 16.5. The van der Waals surface area contributed by atoms with E-state index in [4.69, 9.17) is 4.74 Å². The van der Waals surface area contributed by atoms with E-state index in [1.54, 1.807) is 0 Å². The van der Waals surface area contributed by atoms with Gasteiger partial charge in [0, 0.05) is 26.2 Å². The van der Waals surface area contributed by atoms with Gasteiger partial charge in [-0.05, 0) is 0 Å². The predicted molar refractivity (Wildman–Crippen MR) is 53.0 cm³/mol. The third kappa shape index (κ3) is 2.33. The molecule has 2 rings (SSSR count). The first-order valence-electron chi connectivity index (χ1n) is 5.09. The summed E-state index contributed by atoms with van der Waals surface area (Å²) < 4.78 is 5.23. The van der Waals surface area contributed by atoms with Crippen LogP contribution in [-0.4, -0.2) is 61.6 Å². The summed E-state index contributed by atoms with van der Waals surface area (Å²) in [6.45, 7) is 5.38. The maximum atomic E-state index is 11.7. The molecule has 2 aliphatic rings. The average molecular weight is 196 g/mol. The minimum Gasteiger partial charge on any atom is -0.379 e. The van der Waals surface area contributed by atoms with E-state index in [2.05, 4.69) is 4.90 Å². The van der Waals surface area contributed by atoms with Gasteiger partial charge in [0.2, 0.25) is 5.91 Å². The number of nitrogens with zero attached hydrogens (tertiary/aromatic N) is 2. The Kier molecular flexibility index (Phi) is 3.16. The van der Waals surface area contributed by atoms with Crippen LogP contribution in [-0.2, 0) is 9.53 Å². The van der Waals surface area contributed by atoms with Crippen molar-refractivity contribution in [1.29, 1.82) is 0 Å². The molecule has 0 aromatic heterocycles. The lowest BCUT2D eigenvalue weighted by atomic mass is 10.4. The fraction of sp³-hybridized carbons (Fsp3) is 0.700. The van der Waals surface area contributed by atoms with Crippen LogP contribution in [0.5, 0.6) is 0 Å². The molecule has 1 amide bonds. The van der Waals surface area contributed by atoms with Crippen molar-refractivity contribution in [3.8, 4) is 0 Å². The summed E-state index contributed by atoms with van der Waals surface area (Å²) in [6.07, 6.45) is 4.08. The Hall–Kier alpha value is -0.870. The third-order valence-electron chi connectivity index (χ3n) is 2.63. The van der Waals surface area contributed by atoms with E-state index in [1.807, 2.05) is 17.1 Å². The molecular weight excluding hydrogens is 180 g/mol. The molecule has 0 atom stereocenters. The van der Waals surface area contributed by atoms with Crippen LogP contribution < -0.4 is 0 Å². The molecule has 0 bridgehead atoms. The number of carbonyl (C=O) groups excluding carboxylic acids is 1. The second kappa shape index (κ2) is 4.57. The summed E-state index contributed by atoms with van der Waals surface area (Å²) in [7, 11) is 0. The van der Waals surface area contributed by atoms with Crippen molar-refractivity contribution >= 4 is 5.91 Å². The zero-order valence-electron chi connectivity index (χ0n) is 8.32. The number of hydrogen-bond donors (Lipinski definition) is 0. The largest absolute Gasteiger partial charge is 0.379 e. The van der Waals surface area contributed by atoms with E-state index in [9.17, 15) is 4.79 Å². The molecule has 0 radical (unpaired) electrons. The summed E-state index contributed by atoms with van der Waals surface area (Å²) in [5.41, 5.74) is 0. The molecule has 0 N–H and O–H groups in total. The molecule has 14 heavy (non-hydrogen) atoms. The second-order valence-electron chi connectivity index (χ2n) is 3.66. The van der Waals surface area contributed by atoms with Crippen LogP contribution in [0.15, 0.2) is 12.2 Å². The molecule has 0 spiro atoms. The van der Waals surface area contributed by atoms with E-state index < -0.39 is 0 Å². The summed E-state index contributed by atoms with van der Waals surface area (Å²) in [5.74, 6) is 0.233. The molecular formula is C10H16N2O2. The van der Waals surface area contributed by atoms with E-state index in [-0.39, 0.29) is 5.91 Å². The second-order valence-corrected chi connectivity index (χ2v) is 3.66. The minimum atomic E-state index is 0.233. The molecule has 0 aromatic rings. The molecule has 0 unspecified atom stereocenters. The first-order chi connectivity index (χ1) is 6.86. The molecule has 0 saturated carbocycles. The highest BCUT2D eigenvalue weighted by molar-refractivity contribution is 5.79. The van der Waals surface area contributed by atoms with E-state index in [1.165, 1.54) is 0 Å². The Morgan fingerprint density at radius 3 is 2.50 bits per heavy atom. The Morgan fingerprint density at radius 1 is 1.21 bits per heavy atom. The smallest absolute Gasteiger partial charge is 0.237 e. The Labute approximate surface area is 84.1 Å². The normalized spacial score (nSPS) is 23.0. The lowest BCUT2D eigenvalue weighted by Crippen LogP contribution is -2.44. The molecule has 1 fully saturated rings. The molecule has 2 heterocycles. The zero-order chi connectivity index (χ0) is 9.80. The van der Waals surface area contributed by atoms with Gasteiger partial charge in [-0.15, -0.1) is 0 Å². The summed E-state index contributed by atoms with van der Waals surface area (Å²) in [5, 5.41) is 0. The maximum Gasteiger partial charge on any atom is 0.237 e. The van der Waals surface area contributed by atoms with Crippen molar-refractivity contribution in [3.63, 3.8) is 0 Å². The number of hydrogen-bond acceptors (Lipinski definition) is 3. The van der Waals surface area contributed by atoms with E-state index >= 15 is 0 Å². The molecule has 0 aromatic carbocycles. The molecule has 4 heteroatoms. The zero-order valence-corrected chi connectivity index (χ0v) is 8.32. The van der Waals surface area contributed by atoms with Crippen molar-refractivity contribution < 1.29 is 9.53 Å². The van der Waals surface area contributed by atoms with E-state index in [0.29, 0.717) is 6.54 Å². The predicted octanol–water partition coefficient (Wildman–Crippen LogP) is -0.283. The topological polar surface area (TPSA) is 32.8 Å². The standard InChI is InChI=1S/C10H16N2O2/c13-10(12-3-1-2-4-12)9-11-5-7-14-8-6-11/h1-2H,3-9H2. The van der Waals surface area contributed by atoms with Gasteiger partial charge in [-0.3, -0.25) is 9.69 Å². The summed E-state index contributed by atoms with van der Waals surface area (Å²) in [6, 6.07) is 0. The minimum absolute atomic E-state index is 0.233. The van der Waals surface area contributed by atoms with Crippen LogP contribution in [0.1, 0.15) is 0 Å². The molecule has 0 aliphatic carbocycles. The van der Waals surface area contributed by atoms with Gasteiger partial charge >= 0.3 is 0 Å². The number of ether oxygens (including phenoxy) is 1. The van der Waals surface area contributed by atoms with Gasteiger partial charge in [0.15, 0.2) is 0 Å². The quantitative estimate of drug-likeness (QED) is 0.569. The molecule has 78 valence electrons. The van der Waals surface area contributed by atoms with Crippen LogP contribution in [0.4, 0.5) is 0 Å². The van der Waals surface area contributed by atoms with E-state index in [0.717, 1.165) is 39.4 Å². The number of amides is 1. The van der Waals surface area contributed by atoms with Crippen LogP contribution in [0.3, 0.4) is 0 Å². The van der Waals surface area contributed by atoms with Gasteiger partial charge in [0.05, 0.1) is 19.8 Å². The first kappa shape index (κ1) is 9.68. The van der Waals surface area contributed by atoms with Crippen molar-refractivity contribution in [2.75, 3.05) is 45.9 Å². The number of rotatable bonds is 2. The lowest BCUT2D eigenvalue weighted by Gasteiger charge is -2.27. The van der Waals surface area contributed by atoms with Crippen LogP contribution in [0, 0.1) is 0 Å².